The Kier molecular flexibility index (Phi) is 10.6. The van der Waals surface area contributed by atoms with Crippen molar-refractivity contribution in [3.8, 4) is 0 Å². The standard InChI is InChI=1S/C4H7NS2.Cu/c1-2-3-7-4(5)6;/h2H,1,3H2,(H2,5,6);. The molecule has 0 rings (SSSR count). The number of nitrogens with two attached hydrogens (primary N) is 1. The molecule has 0 fully saturated rings. The summed E-state index contributed by atoms with van der Waals surface area (Å²) in [6.07, 6.45) is 1.77. The molecule has 0 aromatic rings. The summed E-state index contributed by atoms with van der Waals surface area (Å²) in [5, 5.41) is 0. The molecular formula is C4H7CuNS2. The van der Waals surface area contributed by atoms with Crippen molar-refractivity contribution in [2.45, 2.75) is 0 Å². The first kappa shape index (κ1) is 11.3. The van der Waals surface area contributed by atoms with E-state index in [2.05, 4.69) is 18.8 Å². The average Bonchev–Trinajstić information content (AvgIpc) is 1.61. The predicted octanol–water partition coefficient (Wildman–Crippen LogP) is 1.15. The van der Waals surface area contributed by atoms with Gasteiger partial charge in [-0.05, 0) is 0 Å². The average molecular weight is 197 g/mol. The number of thiocarbonyl (C=S) groups is 1. The van der Waals surface area contributed by atoms with Crippen molar-refractivity contribution in [1.29, 1.82) is 0 Å². The molecule has 0 aliphatic carbocycles. The van der Waals surface area contributed by atoms with E-state index in [0.29, 0.717) is 4.32 Å². The first-order valence-corrected chi connectivity index (χ1v) is 3.20. The van der Waals surface area contributed by atoms with Gasteiger partial charge in [-0.1, -0.05) is 30.1 Å². The fourth-order valence-corrected chi connectivity index (χ4v) is 0.627. The second-order valence-electron chi connectivity index (χ2n) is 0.919. The minimum absolute atomic E-state index is 0. The quantitative estimate of drug-likeness (QED) is 0.408. The van der Waals surface area contributed by atoms with E-state index < -0.39 is 0 Å². The Morgan fingerprint density at radius 2 is 2.38 bits per heavy atom. The Morgan fingerprint density at radius 1 is 1.88 bits per heavy atom. The Bertz CT molecular complexity index is 84.1. The molecule has 0 bridgehead atoms. The summed E-state index contributed by atoms with van der Waals surface area (Å²) < 4.78 is 0.486. The normalized spacial score (nSPS) is 7.00. The van der Waals surface area contributed by atoms with Gasteiger partial charge in [-0.2, -0.15) is 0 Å². The molecule has 4 heteroatoms. The van der Waals surface area contributed by atoms with E-state index in [9.17, 15) is 0 Å². The van der Waals surface area contributed by atoms with E-state index in [-0.39, 0.29) is 17.1 Å². The molecule has 0 atom stereocenters. The molecule has 0 saturated carbocycles. The van der Waals surface area contributed by atoms with Crippen molar-refractivity contribution < 1.29 is 17.1 Å². The van der Waals surface area contributed by atoms with Crippen molar-refractivity contribution in [2.75, 3.05) is 5.75 Å². The molecule has 1 nitrogen and oxygen atoms in total. The molecule has 2 N–H and O–H groups in total. The van der Waals surface area contributed by atoms with E-state index in [0.717, 1.165) is 5.75 Å². The molecule has 0 aliphatic rings. The van der Waals surface area contributed by atoms with Crippen LogP contribution in [0.5, 0.6) is 0 Å². The van der Waals surface area contributed by atoms with Crippen LogP contribution in [0.1, 0.15) is 0 Å². The van der Waals surface area contributed by atoms with Gasteiger partial charge >= 0.3 is 0 Å². The van der Waals surface area contributed by atoms with E-state index in [1.165, 1.54) is 11.8 Å². The zero-order valence-electron chi connectivity index (χ0n) is 4.19. The summed E-state index contributed by atoms with van der Waals surface area (Å²) >= 11 is 5.98. The minimum Gasteiger partial charge on any atom is -0.385 e. The molecule has 0 amide bonds. The Balaban J connectivity index is 0. The van der Waals surface area contributed by atoms with Gasteiger partial charge in [0.25, 0.3) is 0 Å². The van der Waals surface area contributed by atoms with Gasteiger partial charge in [-0.3, -0.25) is 0 Å². The molecule has 0 spiro atoms. The van der Waals surface area contributed by atoms with Crippen LogP contribution in [0, 0.1) is 0 Å². The second kappa shape index (κ2) is 7.50. The van der Waals surface area contributed by atoms with Gasteiger partial charge in [0.15, 0.2) is 0 Å². The fourth-order valence-electron chi connectivity index (χ4n) is 0.141. The van der Waals surface area contributed by atoms with Crippen LogP contribution in [0.2, 0.25) is 0 Å². The maximum atomic E-state index is 5.13. The molecule has 1 radical (unpaired) electrons. The van der Waals surface area contributed by atoms with Crippen molar-refractivity contribution in [1.82, 2.24) is 0 Å². The van der Waals surface area contributed by atoms with Crippen LogP contribution in [-0.2, 0) is 17.1 Å². The molecule has 51 valence electrons. The van der Waals surface area contributed by atoms with Crippen molar-refractivity contribution in [3.05, 3.63) is 12.7 Å². The smallest absolute Gasteiger partial charge is 0.131 e. The van der Waals surface area contributed by atoms with Crippen molar-refractivity contribution in [3.63, 3.8) is 0 Å². The summed E-state index contributed by atoms with van der Waals surface area (Å²) in [5.41, 5.74) is 5.13. The maximum Gasteiger partial charge on any atom is 0.131 e. The third-order valence-electron chi connectivity index (χ3n) is 0.343. The SMILES string of the molecule is C=CCSC(N)=S.[Cu]. The van der Waals surface area contributed by atoms with Crippen LogP contribution in [0.4, 0.5) is 0 Å². The van der Waals surface area contributed by atoms with Gasteiger partial charge in [0.2, 0.25) is 0 Å². The van der Waals surface area contributed by atoms with E-state index in [1.807, 2.05) is 0 Å². The van der Waals surface area contributed by atoms with Crippen LogP contribution in [-0.4, -0.2) is 10.1 Å². The Labute approximate surface area is 69.6 Å². The van der Waals surface area contributed by atoms with Crippen LogP contribution in [0.15, 0.2) is 12.7 Å². The van der Waals surface area contributed by atoms with Gasteiger partial charge in [0.05, 0.1) is 0 Å². The Hall–Kier alpha value is 0.499. The van der Waals surface area contributed by atoms with Crippen LogP contribution < -0.4 is 5.73 Å². The largest absolute Gasteiger partial charge is 0.385 e. The molecule has 0 unspecified atom stereocenters. The summed E-state index contributed by atoms with van der Waals surface area (Å²) in [4.78, 5) is 0. The molecule has 0 heterocycles. The molecule has 8 heavy (non-hydrogen) atoms. The van der Waals surface area contributed by atoms with Crippen LogP contribution >= 0.6 is 24.0 Å². The van der Waals surface area contributed by atoms with Gasteiger partial charge < -0.3 is 5.73 Å². The maximum absolute atomic E-state index is 5.13. The molecular weight excluding hydrogens is 190 g/mol. The number of thioether (sulfide) groups is 1. The monoisotopic (exact) mass is 196 g/mol. The Morgan fingerprint density at radius 3 is 2.50 bits per heavy atom. The number of hydrogen-bond acceptors (Lipinski definition) is 2. The van der Waals surface area contributed by atoms with E-state index in [4.69, 9.17) is 5.73 Å². The molecule has 0 aromatic carbocycles. The van der Waals surface area contributed by atoms with E-state index in [1.54, 1.807) is 6.08 Å². The third-order valence-corrected chi connectivity index (χ3v) is 1.38. The predicted molar refractivity (Wildman–Crippen MR) is 39.4 cm³/mol. The fraction of sp³-hybridized carbons (Fsp3) is 0.250. The first-order chi connectivity index (χ1) is 3.27. The zero-order chi connectivity index (χ0) is 5.70. The second-order valence-corrected chi connectivity index (χ2v) is 2.68. The van der Waals surface area contributed by atoms with Crippen molar-refractivity contribution in [2.24, 2.45) is 5.73 Å². The topological polar surface area (TPSA) is 26.0 Å². The summed E-state index contributed by atoms with van der Waals surface area (Å²) in [6, 6.07) is 0. The van der Waals surface area contributed by atoms with Gasteiger partial charge in [-0.15, -0.1) is 6.58 Å². The minimum atomic E-state index is 0. The summed E-state index contributed by atoms with van der Waals surface area (Å²) in [5.74, 6) is 0.815. The van der Waals surface area contributed by atoms with Crippen LogP contribution in [0.3, 0.4) is 0 Å². The number of hydrogen-bond donors (Lipinski definition) is 1. The van der Waals surface area contributed by atoms with Gasteiger partial charge in [0.1, 0.15) is 4.32 Å². The first-order valence-electron chi connectivity index (χ1n) is 1.80. The summed E-state index contributed by atoms with van der Waals surface area (Å²) in [7, 11) is 0. The molecule has 0 aliphatic heterocycles. The van der Waals surface area contributed by atoms with Crippen LogP contribution in [0.25, 0.3) is 0 Å². The van der Waals surface area contributed by atoms with Crippen molar-refractivity contribution >= 4 is 28.3 Å². The molecule has 0 aromatic heterocycles. The third kappa shape index (κ3) is 9.71. The zero-order valence-corrected chi connectivity index (χ0v) is 6.76. The summed E-state index contributed by atoms with van der Waals surface area (Å²) in [6.45, 7) is 3.50. The molecule has 0 saturated heterocycles. The van der Waals surface area contributed by atoms with E-state index >= 15 is 0 Å². The van der Waals surface area contributed by atoms with Gasteiger partial charge in [0, 0.05) is 22.8 Å². The number of rotatable bonds is 2. The van der Waals surface area contributed by atoms with Gasteiger partial charge in [-0.25, -0.2) is 0 Å².